The molecule has 2 aromatic heterocycles. The van der Waals surface area contributed by atoms with Crippen LogP contribution in [0.2, 0.25) is 0 Å². The number of aryl methyl sites for hydroxylation is 1. The second-order valence-corrected chi connectivity index (χ2v) is 9.81. The summed E-state index contributed by atoms with van der Waals surface area (Å²) < 4.78 is 0. The topological polar surface area (TPSA) is 95.6 Å². The van der Waals surface area contributed by atoms with Crippen LogP contribution in [0.15, 0.2) is 54.9 Å². The van der Waals surface area contributed by atoms with Crippen LogP contribution in [0.4, 0.5) is 10.9 Å². The van der Waals surface area contributed by atoms with Gasteiger partial charge < -0.3 is 15.3 Å². The number of carbonyl (C=O) groups excluding carboxylic acids is 1. The average Bonchev–Trinajstić information content (AvgIpc) is 3.23. The summed E-state index contributed by atoms with van der Waals surface area (Å²) in [4.78, 5) is 29.4. The van der Waals surface area contributed by atoms with Crippen LogP contribution in [0.1, 0.15) is 35.4 Å². The number of pyridine rings is 1. The molecule has 0 spiro atoms. The zero-order chi connectivity index (χ0) is 24.1. The Kier molecular flexibility index (Phi) is 7.54. The molecule has 0 radical (unpaired) electrons. The first-order valence-electron chi connectivity index (χ1n) is 11.4. The van der Waals surface area contributed by atoms with Crippen molar-refractivity contribution in [2.24, 2.45) is 0 Å². The summed E-state index contributed by atoms with van der Waals surface area (Å²) in [5, 5.41) is 14.0. The molecule has 8 nitrogen and oxygen atoms in total. The minimum Gasteiger partial charge on any atom is -0.460 e. The number of hydrogen-bond acceptors (Lipinski definition) is 6. The normalized spacial score (nSPS) is 19.1. The summed E-state index contributed by atoms with van der Waals surface area (Å²) >= 11 is 1.60. The Morgan fingerprint density at radius 1 is 1.35 bits per heavy atom. The van der Waals surface area contributed by atoms with Gasteiger partial charge in [0.15, 0.2) is 10.8 Å². The summed E-state index contributed by atoms with van der Waals surface area (Å²) in [7, 11) is 0. The van der Waals surface area contributed by atoms with Crippen LogP contribution in [-0.2, 0) is 11.3 Å². The van der Waals surface area contributed by atoms with E-state index in [0.29, 0.717) is 6.42 Å². The third-order valence-corrected chi connectivity index (χ3v) is 6.76. The first-order valence-corrected chi connectivity index (χ1v) is 12.2. The minimum atomic E-state index is 0.0354. The van der Waals surface area contributed by atoms with Crippen molar-refractivity contribution < 1.29 is 14.9 Å². The molecule has 3 N–H and O–H groups in total. The zero-order valence-electron chi connectivity index (χ0n) is 19.6. The molecule has 0 bridgehead atoms. The maximum atomic E-state index is 11.7. The van der Waals surface area contributed by atoms with Crippen molar-refractivity contribution in [3.8, 4) is 0 Å². The lowest BCUT2D eigenvalue weighted by atomic mass is 9.93. The minimum absolute atomic E-state index is 0.0354. The smallest absolute Gasteiger partial charge is 0.363 e. The van der Waals surface area contributed by atoms with Crippen LogP contribution < -0.4 is 10.3 Å². The fourth-order valence-electron chi connectivity index (χ4n) is 4.15. The highest BCUT2D eigenvalue weighted by Gasteiger charge is 2.22. The SMILES string of the molecule is C=CC(O)=[NH+]C1=CC=CC(c2cc(CN3CCN(C(C)=O)CC3)cc(Nc3ncc(C)s3)n2)C1. The number of aliphatic hydroxyl groups excluding tert-OH is 1. The van der Waals surface area contributed by atoms with E-state index in [4.69, 9.17) is 4.98 Å². The van der Waals surface area contributed by atoms with E-state index < -0.39 is 0 Å². The largest absolute Gasteiger partial charge is 0.460 e. The van der Waals surface area contributed by atoms with Gasteiger partial charge in [-0.2, -0.15) is 4.99 Å². The number of piperazine rings is 1. The van der Waals surface area contributed by atoms with Crippen LogP contribution in [0.5, 0.6) is 0 Å². The fraction of sp³-hybridized carbons (Fsp3) is 0.360. The van der Waals surface area contributed by atoms with Gasteiger partial charge in [-0.25, -0.2) is 9.97 Å². The molecular formula is C25H31N6O2S+. The second-order valence-electron chi connectivity index (χ2n) is 8.57. The van der Waals surface area contributed by atoms with E-state index in [-0.39, 0.29) is 17.7 Å². The first kappa shape index (κ1) is 23.8. The quantitative estimate of drug-likeness (QED) is 0.417. The Balaban J connectivity index is 1.56. The number of rotatable bonds is 7. The van der Waals surface area contributed by atoms with Crippen molar-refractivity contribution in [3.05, 3.63) is 71.0 Å². The number of nitrogens with one attached hydrogen (secondary N) is 2. The molecular weight excluding hydrogens is 448 g/mol. The van der Waals surface area contributed by atoms with E-state index in [1.807, 2.05) is 30.2 Å². The van der Waals surface area contributed by atoms with Gasteiger partial charge >= 0.3 is 5.90 Å². The van der Waals surface area contributed by atoms with Gasteiger partial charge in [0.2, 0.25) is 5.91 Å². The molecule has 4 rings (SSSR count). The highest BCUT2D eigenvalue weighted by molar-refractivity contribution is 7.15. The Labute approximate surface area is 204 Å². The van der Waals surface area contributed by atoms with Crippen molar-refractivity contribution in [2.45, 2.75) is 32.7 Å². The van der Waals surface area contributed by atoms with Gasteiger partial charge in [-0.15, -0.1) is 11.3 Å². The lowest BCUT2D eigenvalue weighted by Crippen LogP contribution is -2.70. The predicted octanol–water partition coefficient (Wildman–Crippen LogP) is 2.40. The van der Waals surface area contributed by atoms with E-state index in [1.165, 1.54) is 6.08 Å². The lowest BCUT2D eigenvalue weighted by molar-refractivity contribution is -0.410. The second kappa shape index (κ2) is 10.8. The molecule has 2 aliphatic rings. The van der Waals surface area contributed by atoms with E-state index in [1.54, 1.807) is 18.3 Å². The Hall–Kier alpha value is -3.30. The fourth-order valence-corrected chi connectivity index (χ4v) is 4.82. The van der Waals surface area contributed by atoms with Crippen molar-refractivity contribution in [2.75, 3.05) is 31.5 Å². The van der Waals surface area contributed by atoms with E-state index in [0.717, 1.165) is 65.5 Å². The zero-order valence-corrected chi connectivity index (χ0v) is 20.4. The molecule has 0 saturated carbocycles. The Morgan fingerprint density at radius 3 is 2.82 bits per heavy atom. The molecule has 34 heavy (non-hydrogen) atoms. The van der Waals surface area contributed by atoms with Crippen LogP contribution in [0, 0.1) is 6.92 Å². The number of anilines is 2. The molecule has 3 heterocycles. The van der Waals surface area contributed by atoms with E-state index >= 15 is 0 Å². The highest BCUT2D eigenvalue weighted by Crippen LogP contribution is 2.29. The lowest BCUT2D eigenvalue weighted by Gasteiger charge is -2.34. The molecule has 9 heteroatoms. The van der Waals surface area contributed by atoms with E-state index in [9.17, 15) is 9.90 Å². The number of amides is 1. The van der Waals surface area contributed by atoms with Crippen molar-refractivity contribution in [3.63, 3.8) is 0 Å². The maximum absolute atomic E-state index is 11.7. The van der Waals surface area contributed by atoms with Crippen LogP contribution in [0.3, 0.4) is 0 Å². The molecule has 1 fully saturated rings. The van der Waals surface area contributed by atoms with Gasteiger partial charge in [-0.05, 0) is 24.6 Å². The van der Waals surface area contributed by atoms with Gasteiger partial charge in [0.25, 0.3) is 0 Å². The number of aromatic nitrogens is 2. The highest BCUT2D eigenvalue weighted by atomic mass is 32.1. The Morgan fingerprint density at radius 2 is 2.15 bits per heavy atom. The molecule has 0 aromatic carbocycles. The third kappa shape index (κ3) is 6.18. The van der Waals surface area contributed by atoms with Crippen LogP contribution >= 0.6 is 11.3 Å². The van der Waals surface area contributed by atoms with Gasteiger partial charge in [0.05, 0.1) is 5.69 Å². The summed E-state index contributed by atoms with van der Waals surface area (Å²) in [6, 6.07) is 4.24. The van der Waals surface area contributed by atoms with Crippen molar-refractivity contribution >= 4 is 34.1 Å². The monoisotopic (exact) mass is 479 g/mol. The maximum Gasteiger partial charge on any atom is 0.363 e. The Bertz CT molecular complexity index is 1140. The average molecular weight is 480 g/mol. The van der Waals surface area contributed by atoms with Gasteiger partial charge in [-0.1, -0.05) is 18.7 Å². The number of aliphatic hydroxyl groups is 1. The number of nitrogens with zero attached hydrogens (tertiary/aromatic N) is 4. The molecule has 1 saturated heterocycles. The molecule has 1 aliphatic carbocycles. The van der Waals surface area contributed by atoms with Crippen molar-refractivity contribution in [1.82, 2.24) is 19.8 Å². The van der Waals surface area contributed by atoms with Crippen LogP contribution in [-0.4, -0.2) is 62.9 Å². The molecule has 1 amide bonds. The standard InChI is InChI=1S/C25H30N6O2S/c1-4-24(33)27-21-7-5-6-20(14-21)22-12-19(16-30-8-10-31(11-9-30)18(3)32)13-23(28-22)29-25-26-15-17(2)34-25/h4-7,12-13,15,20H,1,8-11,14,16H2,2-3H3,(H,27,33)(H,26,28,29)/p+1. The third-order valence-electron chi connectivity index (χ3n) is 5.93. The summed E-state index contributed by atoms with van der Waals surface area (Å²) in [6.45, 7) is 11.2. The number of carbonyl (C=O) groups is 1. The molecule has 1 unspecified atom stereocenters. The van der Waals surface area contributed by atoms with Crippen molar-refractivity contribution in [1.29, 1.82) is 0 Å². The molecule has 178 valence electrons. The predicted molar refractivity (Wildman–Crippen MR) is 135 cm³/mol. The number of hydrogen-bond donors (Lipinski definition) is 3. The molecule has 1 aliphatic heterocycles. The van der Waals surface area contributed by atoms with Crippen LogP contribution in [0.25, 0.3) is 0 Å². The number of allylic oxidation sites excluding steroid dienone is 4. The number of thiazole rings is 1. The summed E-state index contributed by atoms with van der Waals surface area (Å²) in [5.74, 6) is 1.01. The molecule has 1 atom stereocenters. The summed E-state index contributed by atoms with van der Waals surface area (Å²) in [6.07, 6.45) is 9.99. The first-order chi connectivity index (χ1) is 16.4. The van der Waals surface area contributed by atoms with E-state index in [2.05, 4.69) is 45.0 Å². The van der Waals surface area contributed by atoms with Gasteiger partial charge in [-0.3, -0.25) is 9.69 Å². The van der Waals surface area contributed by atoms with Gasteiger partial charge in [0.1, 0.15) is 5.82 Å². The summed E-state index contributed by atoms with van der Waals surface area (Å²) in [5.41, 5.74) is 3.02. The molecule has 2 aromatic rings. The van der Waals surface area contributed by atoms with Gasteiger partial charge in [0, 0.05) is 75.2 Å².